The van der Waals surface area contributed by atoms with Crippen molar-refractivity contribution < 1.29 is 32.0 Å². The Morgan fingerprint density at radius 2 is 1.57 bits per heavy atom. The Labute approximate surface area is 231 Å². The van der Waals surface area contributed by atoms with Crippen molar-refractivity contribution in [2.24, 2.45) is 5.92 Å². The molecule has 1 aliphatic rings. The number of fused-ring (bicyclic) bond motifs is 1. The number of nitrogens with zero attached hydrogens (tertiary/aromatic N) is 1. The SMILES string of the molecule is C#C/C=C(/C)c1c(C)c(C)c2c(C)ccnc2c1C.CC1CCCCC1[NH-].CCC.O.O.[CH3-].[CH3-].[Pt]. The molecular formula is C30H51N2O2Pt-3. The van der Waals surface area contributed by atoms with Gasteiger partial charge in [0, 0.05) is 32.6 Å². The van der Waals surface area contributed by atoms with Crippen molar-refractivity contribution in [3.05, 3.63) is 66.7 Å². The number of nitrogens with one attached hydrogen (secondary N) is 1. The van der Waals surface area contributed by atoms with Gasteiger partial charge in [0.1, 0.15) is 0 Å². The first kappa shape index (κ1) is 43.6. The van der Waals surface area contributed by atoms with Crippen molar-refractivity contribution in [3.63, 3.8) is 0 Å². The summed E-state index contributed by atoms with van der Waals surface area (Å²) >= 11 is 0. The molecule has 1 aliphatic carbocycles. The van der Waals surface area contributed by atoms with Gasteiger partial charge in [-0.3, -0.25) is 4.98 Å². The van der Waals surface area contributed by atoms with Crippen LogP contribution in [0, 0.1) is 60.8 Å². The molecule has 1 aromatic heterocycles. The Hall–Kier alpha value is -1.50. The summed E-state index contributed by atoms with van der Waals surface area (Å²) in [5.74, 6) is 3.29. The first-order chi connectivity index (χ1) is 14.2. The number of rotatable bonds is 1. The summed E-state index contributed by atoms with van der Waals surface area (Å²) in [5.41, 5.74) is 16.0. The van der Waals surface area contributed by atoms with Crippen LogP contribution in [0.1, 0.15) is 87.6 Å². The van der Waals surface area contributed by atoms with E-state index in [2.05, 4.69) is 72.4 Å². The second-order valence-electron chi connectivity index (χ2n) is 8.67. The summed E-state index contributed by atoms with van der Waals surface area (Å²) in [5, 5.41) is 1.27. The van der Waals surface area contributed by atoms with Gasteiger partial charge in [0.25, 0.3) is 0 Å². The minimum Gasteiger partial charge on any atom is -0.674 e. The summed E-state index contributed by atoms with van der Waals surface area (Å²) in [6.07, 6.45) is 15.4. The molecule has 0 saturated heterocycles. The fourth-order valence-corrected chi connectivity index (χ4v) is 4.20. The third-order valence-corrected chi connectivity index (χ3v) is 6.01. The summed E-state index contributed by atoms with van der Waals surface area (Å²) in [6.45, 7) is 17.1. The van der Waals surface area contributed by atoms with Gasteiger partial charge < -0.3 is 31.5 Å². The van der Waals surface area contributed by atoms with Crippen LogP contribution in [0.4, 0.5) is 0 Å². The molecule has 1 saturated carbocycles. The summed E-state index contributed by atoms with van der Waals surface area (Å²) < 4.78 is 0. The third-order valence-electron chi connectivity index (χ3n) is 6.01. The Morgan fingerprint density at radius 3 is 2.00 bits per heavy atom. The minimum absolute atomic E-state index is 0. The molecule has 5 N–H and O–H groups in total. The molecule has 2 atom stereocenters. The van der Waals surface area contributed by atoms with Crippen LogP contribution in [0.15, 0.2) is 18.3 Å². The summed E-state index contributed by atoms with van der Waals surface area (Å²) in [4.78, 5) is 4.57. The molecule has 1 fully saturated rings. The van der Waals surface area contributed by atoms with Crippen LogP contribution >= 0.6 is 0 Å². The topological polar surface area (TPSA) is 99.7 Å². The van der Waals surface area contributed by atoms with Crippen LogP contribution in [0.25, 0.3) is 22.2 Å². The maximum absolute atomic E-state index is 7.48. The number of hydrogen-bond donors (Lipinski definition) is 0. The predicted octanol–water partition coefficient (Wildman–Crippen LogP) is 7.79. The first-order valence-electron chi connectivity index (χ1n) is 11.4. The Bertz CT molecular complexity index is 907. The molecule has 4 nitrogen and oxygen atoms in total. The van der Waals surface area contributed by atoms with Gasteiger partial charge in [-0.1, -0.05) is 64.7 Å². The van der Waals surface area contributed by atoms with E-state index in [1.165, 1.54) is 58.9 Å². The van der Waals surface area contributed by atoms with E-state index < -0.39 is 0 Å². The number of aromatic nitrogens is 1. The number of pyridine rings is 1. The molecule has 5 heteroatoms. The van der Waals surface area contributed by atoms with E-state index in [1.807, 2.05) is 12.3 Å². The number of allylic oxidation sites excluding steroid dienone is 2. The summed E-state index contributed by atoms with van der Waals surface area (Å²) in [7, 11) is 0. The second-order valence-corrected chi connectivity index (χ2v) is 8.67. The van der Waals surface area contributed by atoms with Crippen molar-refractivity contribution in [1.82, 2.24) is 4.98 Å². The smallest absolute Gasteiger partial charge is 0.0742 e. The number of aryl methyl sites for hydroxylation is 3. The van der Waals surface area contributed by atoms with E-state index in [0.717, 1.165) is 17.5 Å². The van der Waals surface area contributed by atoms with Gasteiger partial charge in [-0.25, -0.2) is 0 Å². The second kappa shape index (κ2) is 21.8. The van der Waals surface area contributed by atoms with E-state index in [9.17, 15) is 0 Å². The third kappa shape index (κ3) is 11.9. The zero-order valence-corrected chi connectivity index (χ0v) is 26.0. The molecule has 2 unspecified atom stereocenters. The molecule has 1 aromatic carbocycles. The minimum atomic E-state index is 0. The van der Waals surface area contributed by atoms with E-state index in [-0.39, 0.29) is 52.9 Å². The van der Waals surface area contributed by atoms with Crippen LogP contribution in [-0.2, 0) is 21.1 Å². The molecular weight excluding hydrogens is 615 g/mol. The Morgan fingerprint density at radius 1 is 1.06 bits per heavy atom. The molecule has 0 amide bonds. The average Bonchev–Trinajstić information content (AvgIpc) is 2.70. The van der Waals surface area contributed by atoms with Gasteiger partial charge in [0.2, 0.25) is 0 Å². The van der Waals surface area contributed by atoms with Crippen LogP contribution in [0.5, 0.6) is 0 Å². The van der Waals surface area contributed by atoms with E-state index >= 15 is 0 Å². The zero-order valence-electron chi connectivity index (χ0n) is 23.8. The molecule has 1 heterocycles. The van der Waals surface area contributed by atoms with Gasteiger partial charge in [-0.2, -0.15) is 0 Å². The molecule has 0 bridgehead atoms. The maximum atomic E-state index is 7.48. The first-order valence-corrected chi connectivity index (χ1v) is 11.4. The number of benzene rings is 1. The van der Waals surface area contributed by atoms with E-state index in [1.54, 1.807) is 0 Å². The van der Waals surface area contributed by atoms with Gasteiger partial charge in [0.15, 0.2) is 0 Å². The largest absolute Gasteiger partial charge is 0.674 e. The average molecular weight is 667 g/mol. The van der Waals surface area contributed by atoms with Crippen LogP contribution in [0.2, 0.25) is 0 Å². The van der Waals surface area contributed by atoms with Crippen LogP contribution in [0.3, 0.4) is 0 Å². The van der Waals surface area contributed by atoms with Crippen molar-refractivity contribution in [2.75, 3.05) is 0 Å². The number of terminal acetylenes is 1. The molecule has 0 spiro atoms. The van der Waals surface area contributed by atoms with Gasteiger partial charge in [-0.05, 0) is 80.2 Å². The molecule has 35 heavy (non-hydrogen) atoms. The van der Waals surface area contributed by atoms with Crippen molar-refractivity contribution in [1.29, 1.82) is 0 Å². The maximum Gasteiger partial charge on any atom is 0.0742 e. The molecule has 0 aliphatic heterocycles. The quantitative estimate of drug-likeness (QED) is 0.225. The molecule has 3 rings (SSSR count). The molecule has 206 valence electrons. The van der Waals surface area contributed by atoms with E-state index in [0.29, 0.717) is 5.92 Å². The molecule has 2 aromatic rings. The fraction of sp³-hybridized carbons (Fsp3) is 0.500. The predicted molar refractivity (Wildman–Crippen MR) is 155 cm³/mol. The van der Waals surface area contributed by atoms with Gasteiger partial charge in [-0.15, -0.1) is 12.5 Å². The summed E-state index contributed by atoms with van der Waals surface area (Å²) in [6, 6.07) is 2.32. The standard InChI is InChI=1S/C18H19N.C7H14N.C3H8.2CH3.2H2O.Pt/c1-7-8-11(2)16-13(4)14(5)17-12(3)9-10-19-18(17)15(16)6;1-6-4-2-3-5-7(6)8;1-3-2;;;;;/h1,8-10H,2-6H3;6-8H,2-5H2,1H3;3H2,1-2H3;2*1H3;2*1H2;/q;-1;;2*-1;;;/b11-8-;;;;;;;. The van der Waals surface area contributed by atoms with Crippen molar-refractivity contribution in [3.8, 4) is 12.3 Å². The normalized spacial score (nSPS) is 15.9. The van der Waals surface area contributed by atoms with Gasteiger partial charge >= 0.3 is 0 Å². The molecule has 0 radical (unpaired) electrons. The van der Waals surface area contributed by atoms with E-state index in [4.69, 9.17) is 12.2 Å². The van der Waals surface area contributed by atoms with Crippen LogP contribution in [-0.4, -0.2) is 22.0 Å². The Balaban J connectivity index is -0.000000161. The van der Waals surface area contributed by atoms with Crippen molar-refractivity contribution in [2.45, 2.75) is 93.5 Å². The number of hydrogen-bond acceptors (Lipinski definition) is 1. The van der Waals surface area contributed by atoms with Crippen LogP contribution < -0.4 is 0 Å². The monoisotopic (exact) mass is 666 g/mol. The Kier molecular flexibility index (Phi) is 27.1. The van der Waals surface area contributed by atoms with Gasteiger partial charge in [0.05, 0.1) is 5.52 Å². The zero-order chi connectivity index (χ0) is 22.8. The fourth-order valence-electron chi connectivity index (χ4n) is 4.20. The van der Waals surface area contributed by atoms with Crippen molar-refractivity contribution >= 4 is 16.5 Å².